The fourth-order valence-corrected chi connectivity index (χ4v) is 5.23. The minimum Gasteiger partial charge on any atom is -0.363 e. The van der Waals surface area contributed by atoms with Gasteiger partial charge in [0.1, 0.15) is 5.69 Å². The van der Waals surface area contributed by atoms with Gasteiger partial charge >= 0.3 is 0 Å². The second kappa shape index (κ2) is 10.2. The minimum absolute atomic E-state index is 0.169. The largest absolute Gasteiger partial charge is 0.363 e. The average molecular weight is 465 g/mol. The van der Waals surface area contributed by atoms with E-state index in [2.05, 4.69) is 58.6 Å². The number of thiocarbonyl (C=S) groups is 1. The molecule has 32 heavy (non-hydrogen) atoms. The van der Waals surface area contributed by atoms with E-state index in [1.807, 2.05) is 29.6 Å². The number of aromatic nitrogens is 1. The smallest absolute Gasteiger partial charge is 0.275 e. The Morgan fingerprint density at radius 2 is 1.88 bits per heavy atom. The van der Waals surface area contributed by atoms with Gasteiger partial charge in [0, 0.05) is 42.2 Å². The molecule has 0 unspecified atom stereocenters. The molecule has 0 radical (unpaired) electrons. The number of likely N-dealkylation sites (tertiary alicyclic amines) is 1. The number of hydrogen-bond donors (Lipinski definition) is 2. The third kappa shape index (κ3) is 5.16. The molecule has 0 aliphatic carbocycles. The van der Waals surface area contributed by atoms with Crippen molar-refractivity contribution in [1.29, 1.82) is 0 Å². The SMILES string of the molecule is CCNC(=S)N1CCC(c2nc(C(=O)Nc3ccccc3-c3ccc(C)cc3)cs2)CC1. The van der Waals surface area contributed by atoms with Crippen molar-refractivity contribution < 1.29 is 4.79 Å². The number of para-hydroxylation sites is 1. The summed E-state index contributed by atoms with van der Waals surface area (Å²) in [4.78, 5) is 19.9. The highest BCUT2D eigenvalue weighted by atomic mass is 32.1. The van der Waals surface area contributed by atoms with Crippen LogP contribution in [0.25, 0.3) is 11.1 Å². The molecule has 2 heterocycles. The number of aryl methyl sites for hydroxylation is 1. The van der Waals surface area contributed by atoms with Crippen LogP contribution < -0.4 is 10.6 Å². The van der Waals surface area contributed by atoms with Crippen LogP contribution in [-0.4, -0.2) is 40.5 Å². The first-order valence-corrected chi connectivity index (χ1v) is 12.3. The molecule has 1 amide bonds. The number of thiazole rings is 1. The van der Waals surface area contributed by atoms with E-state index in [-0.39, 0.29) is 5.91 Å². The Morgan fingerprint density at radius 1 is 1.16 bits per heavy atom. The molecule has 0 atom stereocenters. The van der Waals surface area contributed by atoms with E-state index in [1.165, 1.54) is 5.56 Å². The zero-order chi connectivity index (χ0) is 22.5. The number of nitrogens with one attached hydrogen (secondary N) is 2. The maximum Gasteiger partial charge on any atom is 0.275 e. The van der Waals surface area contributed by atoms with Crippen LogP contribution in [0.15, 0.2) is 53.9 Å². The summed E-state index contributed by atoms with van der Waals surface area (Å²) in [7, 11) is 0. The van der Waals surface area contributed by atoms with E-state index >= 15 is 0 Å². The van der Waals surface area contributed by atoms with Crippen LogP contribution in [0, 0.1) is 6.92 Å². The van der Waals surface area contributed by atoms with Gasteiger partial charge in [-0.05, 0) is 50.5 Å². The van der Waals surface area contributed by atoms with Gasteiger partial charge in [0.25, 0.3) is 5.91 Å². The van der Waals surface area contributed by atoms with Crippen molar-refractivity contribution in [3.8, 4) is 11.1 Å². The summed E-state index contributed by atoms with van der Waals surface area (Å²) >= 11 is 7.01. The Labute approximate surface area is 198 Å². The van der Waals surface area contributed by atoms with E-state index in [0.717, 1.165) is 59.4 Å². The van der Waals surface area contributed by atoms with E-state index in [0.29, 0.717) is 11.6 Å². The Balaban J connectivity index is 1.42. The Bertz CT molecular complexity index is 1090. The first-order chi connectivity index (χ1) is 15.5. The van der Waals surface area contributed by atoms with Crippen molar-refractivity contribution in [3.63, 3.8) is 0 Å². The summed E-state index contributed by atoms with van der Waals surface area (Å²) in [5, 5.41) is 10.0. The van der Waals surface area contributed by atoms with Crippen molar-refractivity contribution in [2.24, 2.45) is 0 Å². The van der Waals surface area contributed by atoms with Crippen LogP contribution in [-0.2, 0) is 0 Å². The van der Waals surface area contributed by atoms with Gasteiger partial charge in [0.2, 0.25) is 0 Å². The van der Waals surface area contributed by atoms with Crippen molar-refractivity contribution in [1.82, 2.24) is 15.2 Å². The number of carbonyl (C=O) groups excluding carboxylic acids is 1. The molecule has 1 fully saturated rings. The molecule has 0 saturated carbocycles. The second-order valence-corrected chi connectivity index (χ2v) is 9.31. The number of nitrogens with zero attached hydrogens (tertiary/aromatic N) is 2. The zero-order valence-corrected chi connectivity index (χ0v) is 20.1. The predicted molar refractivity (Wildman–Crippen MR) is 137 cm³/mol. The highest BCUT2D eigenvalue weighted by Gasteiger charge is 2.25. The Kier molecular flexibility index (Phi) is 7.17. The quantitative estimate of drug-likeness (QED) is 0.492. The molecule has 2 aromatic carbocycles. The number of carbonyl (C=O) groups is 1. The number of rotatable bonds is 5. The van der Waals surface area contributed by atoms with Crippen LogP contribution >= 0.6 is 23.6 Å². The van der Waals surface area contributed by atoms with Crippen molar-refractivity contribution in [2.75, 3.05) is 25.0 Å². The summed E-state index contributed by atoms with van der Waals surface area (Å²) in [5.41, 5.74) is 4.56. The second-order valence-electron chi connectivity index (χ2n) is 8.03. The van der Waals surface area contributed by atoms with E-state index < -0.39 is 0 Å². The molecule has 2 N–H and O–H groups in total. The molecule has 1 aliphatic rings. The first kappa shape index (κ1) is 22.4. The van der Waals surface area contributed by atoms with Gasteiger partial charge in [-0.1, -0.05) is 48.0 Å². The number of benzene rings is 2. The van der Waals surface area contributed by atoms with Gasteiger partial charge in [-0.15, -0.1) is 11.3 Å². The number of hydrogen-bond acceptors (Lipinski definition) is 4. The lowest BCUT2D eigenvalue weighted by Crippen LogP contribution is -2.43. The van der Waals surface area contributed by atoms with Crippen molar-refractivity contribution in [3.05, 3.63) is 70.2 Å². The first-order valence-electron chi connectivity index (χ1n) is 11.0. The van der Waals surface area contributed by atoms with Gasteiger partial charge in [-0.3, -0.25) is 4.79 Å². The summed E-state index contributed by atoms with van der Waals surface area (Å²) < 4.78 is 0. The van der Waals surface area contributed by atoms with Crippen LogP contribution in [0.2, 0.25) is 0 Å². The zero-order valence-electron chi connectivity index (χ0n) is 18.4. The molecule has 166 valence electrons. The summed E-state index contributed by atoms with van der Waals surface area (Å²) in [6.45, 7) is 6.80. The van der Waals surface area contributed by atoms with E-state index in [4.69, 9.17) is 12.2 Å². The third-order valence-corrected chi connectivity index (χ3v) is 7.16. The lowest BCUT2D eigenvalue weighted by Gasteiger charge is -2.33. The molecule has 7 heteroatoms. The van der Waals surface area contributed by atoms with E-state index in [1.54, 1.807) is 11.3 Å². The average Bonchev–Trinajstić information content (AvgIpc) is 3.31. The lowest BCUT2D eigenvalue weighted by molar-refractivity contribution is 0.102. The molecule has 3 aromatic rings. The van der Waals surface area contributed by atoms with Crippen LogP contribution in [0.3, 0.4) is 0 Å². The highest BCUT2D eigenvalue weighted by molar-refractivity contribution is 7.80. The van der Waals surface area contributed by atoms with Crippen LogP contribution in [0.5, 0.6) is 0 Å². The van der Waals surface area contributed by atoms with Crippen molar-refractivity contribution in [2.45, 2.75) is 32.6 Å². The predicted octanol–water partition coefficient (Wildman–Crippen LogP) is 5.44. The number of anilines is 1. The van der Waals surface area contributed by atoms with Crippen molar-refractivity contribution >= 4 is 40.3 Å². The van der Waals surface area contributed by atoms with Gasteiger partial charge in [-0.2, -0.15) is 0 Å². The molecule has 1 aliphatic heterocycles. The Hall–Kier alpha value is -2.77. The third-order valence-electron chi connectivity index (χ3n) is 5.75. The fourth-order valence-electron chi connectivity index (χ4n) is 3.94. The normalized spacial score (nSPS) is 14.2. The fraction of sp³-hybridized carbons (Fsp3) is 0.320. The van der Waals surface area contributed by atoms with Crippen LogP contribution in [0.4, 0.5) is 5.69 Å². The molecular formula is C25H28N4OS2. The highest BCUT2D eigenvalue weighted by Crippen LogP contribution is 2.32. The molecule has 0 spiro atoms. The molecule has 1 saturated heterocycles. The van der Waals surface area contributed by atoms with Gasteiger partial charge in [0.15, 0.2) is 5.11 Å². The standard InChI is InChI=1S/C25H28N4OS2/c1-3-26-25(31)29-14-12-19(13-15-29)24-28-22(16-32-24)23(30)27-21-7-5-4-6-20(21)18-10-8-17(2)9-11-18/h4-11,16,19H,3,12-15H2,1-2H3,(H,26,31)(H,27,30). The lowest BCUT2D eigenvalue weighted by atomic mass is 9.98. The van der Waals surface area contributed by atoms with E-state index in [9.17, 15) is 4.79 Å². The molecular weight excluding hydrogens is 436 g/mol. The molecule has 5 nitrogen and oxygen atoms in total. The molecule has 0 bridgehead atoms. The molecule has 4 rings (SSSR count). The summed E-state index contributed by atoms with van der Waals surface area (Å²) in [6.07, 6.45) is 1.99. The van der Waals surface area contributed by atoms with Gasteiger partial charge in [-0.25, -0.2) is 4.98 Å². The number of amides is 1. The molecule has 1 aromatic heterocycles. The maximum atomic E-state index is 13.0. The van der Waals surface area contributed by atoms with Gasteiger partial charge < -0.3 is 15.5 Å². The minimum atomic E-state index is -0.169. The maximum absolute atomic E-state index is 13.0. The monoisotopic (exact) mass is 464 g/mol. The Morgan fingerprint density at radius 3 is 2.59 bits per heavy atom. The van der Waals surface area contributed by atoms with Gasteiger partial charge in [0.05, 0.1) is 5.01 Å². The summed E-state index contributed by atoms with van der Waals surface area (Å²) in [5.74, 6) is 0.208. The number of piperidine rings is 1. The summed E-state index contributed by atoms with van der Waals surface area (Å²) in [6, 6.07) is 16.2. The van der Waals surface area contributed by atoms with Crippen LogP contribution in [0.1, 0.15) is 46.7 Å². The topological polar surface area (TPSA) is 57.3 Å².